The van der Waals surface area contributed by atoms with Gasteiger partial charge in [-0.1, -0.05) is 13.3 Å². The number of hydrogen-bond acceptors (Lipinski definition) is 9. The fourth-order valence-electron chi connectivity index (χ4n) is 2.55. The highest BCUT2D eigenvalue weighted by Crippen LogP contribution is 2.50. The summed E-state index contributed by atoms with van der Waals surface area (Å²) in [5, 5.41) is 20.3. The molecule has 168 valence electrons. The minimum Gasteiger partial charge on any atom is -0.387 e. The van der Waals surface area contributed by atoms with Gasteiger partial charge in [0.1, 0.15) is 36.6 Å². The van der Waals surface area contributed by atoms with Crippen molar-refractivity contribution in [3.63, 3.8) is 0 Å². The van der Waals surface area contributed by atoms with Crippen molar-refractivity contribution in [2.75, 3.05) is 6.61 Å². The Bertz CT molecular complexity index is 638. The van der Waals surface area contributed by atoms with E-state index in [1.54, 1.807) is 6.92 Å². The Morgan fingerprint density at radius 2 is 1.04 bits per heavy atom. The molecule has 1 rings (SSSR count). The van der Waals surface area contributed by atoms with Crippen LogP contribution >= 0.6 is 23.5 Å². The topological polar surface area (TPSA) is 250 Å². The summed E-state index contributed by atoms with van der Waals surface area (Å²) in [5.74, 6) is 0. The predicted octanol–water partition coefficient (Wildman–Crippen LogP) is -1.66. The molecular formula is C10H23O15P3. The molecule has 1 saturated carbocycles. The monoisotopic (exact) mass is 476 g/mol. The van der Waals surface area contributed by atoms with Crippen molar-refractivity contribution in [1.82, 2.24) is 0 Å². The van der Waals surface area contributed by atoms with Gasteiger partial charge in [0.05, 0.1) is 0 Å². The Morgan fingerprint density at radius 1 is 0.679 bits per heavy atom. The second-order valence-electron chi connectivity index (χ2n) is 5.85. The van der Waals surface area contributed by atoms with Crippen LogP contribution in [0.25, 0.3) is 0 Å². The summed E-state index contributed by atoms with van der Waals surface area (Å²) >= 11 is 0. The lowest BCUT2D eigenvalue weighted by atomic mass is 9.85. The van der Waals surface area contributed by atoms with Gasteiger partial charge in [-0.2, -0.15) is 0 Å². The molecule has 15 nitrogen and oxygen atoms in total. The van der Waals surface area contributed by atoms with Gasteiger partial charge in [-0.05, 0) is 6.42 Å². The molecule has 6 unspecified atom stereocenters. The summed E-state index contributed by atoms with van der Waals surface area (Å²) < 4.78 is 51.9. The molecule has 0 aromatic heterocycles. The molecule has 0 saturated heterocycles. The maximum atomic E-state index is 11.3. The summed E-state index contributed by atoms with van der Waals surface area (Å²) in [5.41, 5.74) is 0. The molecule has 1 aliphatic rings. The van der Waals surface area contributed by atoms with Crippen LogP contribution in [0.3, 0.4) is 0 Å². The normalized spacial score (nSPS) is 32.5. The van der Waals surface area contributed by atoms with Gasteiger partial charge in [0.15, 0.2) is 0 Å². The first-order chi connectivity index (χ1) is 12.6. The smallest absolute Gasteiger partial charge is 0.387 e. The van der Waals surface area contributed by atoms with E-state index in [0.29, 0.717) is 12.8 Å². The van der Waals surface area contributed by atoms with Crippen molar-refractivity contribution < 1.29 is 71.6 Å². The summed E-state index contributed by atoms with van der Waals surface area (Å²) in [4.78, 5) is 54.2. The van der Waals surface area contributed by atoms with Crippen molar-refractivity contribution in [2.24, 2.45) is 0 Å². The van der Waals surface area contributed by atoms with Crippen LogP contribution in [0, 0.1) is 0 Å². The molecule has 0 radical (unpaired) electrons. The van der Waals surface area contributed by atoms with Crippen molar-refractivity contribution in [1.29, 1.82) is 0 Å². The standard InChI is InChI=1S/C10H23O15P3/c1-2-3-4-22-7-5(11)6(12)8(23-26(13,14)15)10(25-28(19,20)21)9(7)24-27(16,17)18/h5-12H,2-4H2,1H3,(H2,13,14,15)(H2,16,17,18)(H2,19,20,21). The Hall–Kier alpha value is 0.210. The second kappa shape index (κ2) is 10.0. The number of aliphatic hydroxyl groups is 2. The third-order valence-corrected chi connectivity index (χ3v) is 5.13. The number of phosphoric ester groups is 3. The highest BCUT2D eigenvalue weighted by molar-refractivity contribution is 7.47. The molecule has 0 spiro atoms. The highest BCUT2D eigenvalue weighted by Gasteiger charge is 2.57. The lowest BCUT2D eigenvalue weighted by Gasteiger charge is -2.46. The van der Waals surface area contributed by atoms with Crippen LogP contribution in [0.4, 0.5) is 0 Å². The lowest BCUT2D eigenvalue weighted by Crippen LogP contribution is -2.65. The lowest BCUT2D eigenvalue weighted by molar-refractivity contribution is -0.225. The minimum absolute atomic E-state index is 0.112. The van der Waals surface area contributed by atoms with Gasteiger partial charge >= 0.3 is 23.5 Å². The largest absolute Gasteiger partial charge is 0.470 e. The van der Waals surface area contributed by atoms with E-state index in [2.05, 4.69) is 13.6 Å². The van der Waals surface area contributed by atoms with Crippen molar-refractivity contribution in [3.8, 4) is 0 Å². The number of hydrogen-bond donors (Lipinski definition) is 8. The first kappa shape index (κ1) is 26.2. The van der Waals surface area contributed by atoms with E-state index in [0.717, 1.165) is 0 Å². The van der Waals surface area contributed by atoms with Crippen LogP contribution in [0.1, 0.15) is 19.8 Å². The number of rotatable bonds is 10. The Kier molecular flexibility index (Phi) is 9.38. The average molecular weight is 476 g/mol. The molecule has 1 aliphatic carbocycles. The van der Waals surface area contributed by atoms with Crippen molar-refractivity contribution >= 4 is 23.5 Å². The molecule has 0 aromatic rings. The Labute approximate surface area is 158 Å². The van der Waals surface area contributed by atoms with E-state index in [4.69, 9.17) is 34.1 Å². The molecule has 0 amide bonds. The van der Waals surface area contributed by atoms with Gasteiger partial charge < -0.3 is 44.3 Å². The molecule has 8 N–H and O–H groups in total. The summed E-state index contributed by atoms with van der Waals surface area (Å²) in [7, 11) is -16.3. The third-order valence-electron chi connectivity index (χ3n) is 3.58. The Morgan fingerprint density at radius 3 is 1.43 bits per heavy atom. The van der Waals surface area contributed by atoms with E-state index in [-0.39, 0.29) is 6.61 Å². The number of phosphoric acid groups is 3. The van der Waals surface area contributed by atoms with E-state index < -0.39 is 60.1 Å². The molecule has 0 aromatic carbocycles. The third kappa shape index (κ3) is 8.52. The zero-order valence-corrected chi connectivity index (χ0v) is 17.0. The first-order valence-electron chi connectivity index (χ1n) is 7.75. The first-order valence-corrected chi connectivity index (χ1v) is 12.3. The minimum atomic E-state index is -5.46. The maximum Gasteiger partial charge on any atom is 0.470 e. The van der Waals surface area contributed by atoms with Crippen molar-refractivity contribution in [2.45, 2.75) is 56.4 Å². The molecule has 28 heavy (non-hydrogen) atoms. The SMILES string of the molecule is CCCCOC1C(O)C(O)C(OP(=O)(O)O)C(OP(=O)(O)O)C1OP(=O)(O)O. The summed E-state index contributed by atoms with van der Waals surface area (Å²) in [6.07, 6.45) is -12.0. The summed E-state index contributed by atoms with van der Waals surface area (Å²) in [6.45, 7) is 1.65. The zero-order chi connectivity index (χ0) is 21.9. The van der Waals surface area contributed by atoms with Gasteiger partial charge in [0.2, 0.25) is 0 Å². The van der Waals surface area contributed by atoms with E-state index in [9.17, 15) is 23.9 Å². The fourth-order valence-corrected chi connectivity index (χ4v) is 4.22. The predicted molar refractivity (Wildman–Crippen MR) is 87.4 cm³/mol. The maximum absolute atomic E-state index is 11.3. The molecule has 0 aliphatic heterocycles. The molecule has 18 heteroatoms. The van der Waals surface area contributed by atoms with E-state index in [1.807, 2.05) is 0 Å². The molecule has 0 heterocycles. The molecular weight excluding hydrogens is 453 g/mol. The van der Waals surface area contributed by atoms with Crippen LogP contribution in [-0.2, 0) is 32.0 Å². The second-order valence-corrected chi connectivity index (χ2v) is 9.43. The van der Waals surface area contributed by atoms with Crippen LogP contribution in [0.2, 0.25) is 0 Å². The van der Waals surface area contributed by atoms with E-state index >= 15 is 0 Å². The van der Waals surface area contributed by atoms with Crippen LogP contribution < -0.4 is 0 Å². The molecule has 1 fully saturated rings. The van der Waals surface area contributed by atoms with Gasteiger partial charge in [0, 0.05) is 6.61 Å². The number of unbranched alkanes of at least 4 members (excludes halogenated alkanes) is 1. The van der Waals surface area contributed by atoms with Crippen LogP contribution in [0.5, 0.6) is 0 Å². The quantitative estimate of drug-likeness (QED) is 0.130. The van der Waals surface area contributed by atoms with Crippen LogP contribution in [-0.4, -0.2) is 82.8 Å². The molecule has 6 atom stereocenters. The zero-order valence-electron chi connectivity index (χ0n) is 14.4. The average Bonchev–Trinajstić information content (AvgIpc) is 2.48. The Balaban J connectivity index is 3.38. The summed E-state index contributed by atoms with van der Waals surface area (Å²) in [6, 6.07) is 0. The van der Waals surface area contributed by atoms with Crippen LogP contribution in [0.15, 0.2) is 0 Å². The fraction of sp³-hybridized carbons (Fsp3) is 1.00. The van der Waals surface area contributed by atoms with Crippen molar-refractivity contribution in [3.05, 3.63) is 0 Å². The van der Waals surface area contributed by atoms with Gasteiger partial charge in [0.25, 0.3) is 0 Å². The highest BCUT2D eigenvalue weighted by atomic mass is 31.2. The number of aliphatic hydroxyl groups excluding tert-OH is 2. The van der Waals surface area contributed by atoms with Gasteiger partial charge in [-0.15, -0.1) is 0 Å². The van der Waals surface area contributed by atoms with Gasteiger partial charge in [-0.3, -0.25) is 13.6 Å². The van der Waals surface area contributed by atoms with Gasteiger partial charge in [-0.25, -0.2) is 13.7 Å². The van der Waals surface area contributed by atoms with E-state index in [1.165, 1.54) is 0 Å². The molecule has 0 bridgehead atoms. The number of ether oxygens (including phenoxy) is 1.